The van der Waals surface area contributed by atoms with E-state index in [0.717, 1.165) is 44.6 Å². The Balaban J connectivity index is 1.31. The van der Waals surface area contributed by atoms with Crippen LogP contribution in [0.1, 0.15) is 18.4 Å². The second-order valence-corrected chi connectivity index (χ2v) is 7.15. The topological polar surface area (TPSA) is 69.9 Å². The molecule has 1 aromatic rings. The highest BCUT2D eigenvalue weighted by Crippen LogP contribution is 2.34. The highest BCUT2D eigenvalue weighted by molar-refractivity contribution is 5.96. The quantitative estimate of drug-likeness (QED) is 0.861. The van der Waals surface area contributed by atoms with Crippen LogP contribution in [-0.4, -0.2) is 66.4 Å². The summed E-state index contributed by atoms with van der Waals surface area (Å²) in [4.78, 5) is 30.8. The van der Waals surface area contributed by atoms with Crippen molar-refractivity contribution in [3.8, 4) is 0 Å². The number of benzene rings is 1. The average molecular weight is 328 g/mol. The van der Waals surface area contributed by atoms with Gasteiger partial charge in [-0.2, -0.15) is 0 Å². The van der Waals surface area contributed by atoms with Gasteiger partial charge in [0.1, 0.15) is 0 Å². The van der Waals surface area contributed by atoms with Gasteiger partial charge < -0.3 is 15.5 Å². The van der Waals surface area contributed by atoms with Crippen molar-refractivity contribution in [1.29, 1.82) is 0 Å². The monoisotopic (exact) mass is 328 g/mol. The Morgan fingerprint density at radius 1 is 1.04 bits per heavy atom. The summed E-state index contributed by atoms with van der Waals surface area (Å²) in [5, 5.41) is 0. The fourth-order valence-electron chi connectivity index (χ4n) is 3.65. The molecule has 2 N–H and O–H groups in total. The van der Waals surface area contributed by atoms with Crippen LogP contribution in [0.25, 0.3) is 0 Å². The molecule has 6 heteroatoms. The molecule has 2 amide bonds. The van der Waals surface area contributed by atoms with Crippen LogP contribution in [-0.2, 0) is 16.0 Å². The highest BCUT2D eigenvalue weighted by Gasteiger charge is 2.48. The minimum atomic E-state index is -0.586. The molecular weight excluding hydrogens is 304 g/mol. The summed E-state index contributed by atoms with van der Waals surface area (Å²) in [5.41, 5.74) is 7.71. The van der Waals surface area contributed by atoms with Gasteiger partial charge in [-0.25, -0.2) is 0 Å². The maximum atomic E-state index is 12.6. The average Bonchev–Trinajstić information content (AvgIpc) is 3.21. The van der Waals surface area contributed by atoms with Crippen LogP contribution < -0.4 is 10.6 Å². The van der Waals surface area contributed by atoms with Crippen LogP contribution in [0.15, 0.2) is 24.3 Å². The van der Waals surface area contributed by atoms with Crippen molar-refractivity contribution in [3.05, 3.63) is 29.8 Å². The lowest BCUT2D eigenvalue weighted by atomic mass is 10.2. The van der Waals surface area contributed by atoms with Crippen molar-refractivity contribution >= 4 is 17.5 Å². The number of nitrogens with two attached hydrogens (primary N) is 1. The number of nitrogens with zero attached hydrogens (tertiary/aromatic N) is 3. The molecule has 0 unspecified atom stereocenters. The van der Waals surface area contributed by atoms with Crippen molar-refractivity contribution in [2.24, 2.45) is 5.73 Å². The molecule has 1 saturated heterocycles. The normalized spacial score (nSPS) is 22.4. The van der Waals surface area contributed by atoms with Gasteiger partial charge in [-0.15, -0.1) is 0 Å². The molecule has 1 saturated carbocycles. The molecule has 0 atom stereocenters. The first-order chi connectivity index (χ1) is 11.6. The lowest BCUT2D eigenvalue weighted by Gasteiger charge is -2.36. The van der Waals surface area contributed by atoms with Gasteiger partial charge in [-0.1, -0.05) is 18.2 Å². The van der Waals surface area contributed by atoms with Gasteiger partial charge >= 0.3 is 0 Å². The minimum Gasteiger partial charge on any atom is -0.339 e. The molecule has 2 aliphatic heterocycles. The van der Waals surface area contributed by atoms with Crippen molar-refractivity contribution in [2.45, 2.75) is 24.8 Å². The van der Waals surface area contributed by atoms with Crippen LogP contribution in [0.4, 0.5) is 5.69 Å². The molecule has 24 heavy (non-hydrogen) atoms. The van der Waals surface area contributed by atoms with Gasteiger partial charge in [-0.05, 0) is 30.9 Å². The van der Waals surface area contributed by atoms with Gasteiger partial charge in [-0.3, -0.25) is 14.5 Å². The standard InChI is InChI=1S/C18H24N4O2/c19-18(6-7-18)17(24)21-11-9-20(10-12-21)13-16(23)22-8-5-14-3-1-2-4-15(14)22/h1-4H,5-13,19H2. The Labute approximate surface area is 142 Å². The first-order valence-electron chi connectivity index (χ1n) is 8.76. The van der Waals surface area contributed by atoms with Crippen LogP contribution in [0.5, 0.6) is 0 Å². The molecule has 0 radical (unpaired) electrons. The summed E-state index contributed by atoms with van der Waals surface area (Å²) in [6.45, 7) is 4.01. The number of rotatable bonds is 3. The maximum absolute atomic E-state index is 12.6. The van der Waals surface area contributed by atoms with E-state index in [-0.39, 0.29) is 11.8 Å². The van der Waals surface area contributed by atoms with Crippen LogP contribution >= 0.6 is 0 Å². The third-order valence-corrected chi connectivity index (χ3v) is 5.42. The van der Waals surface area contributed by atoms with Crippen molar-refractivity contribution in [2.75, 3.05) is 44.2 Å². The Bertz CT molecular complexity index is 663. The molecule has 1 aliphatic carbocycles. The molecule has 1 aromatic carbocycles. The Kier molecular flexibility index (Phi) is 3.81. The maximum Gasteiger partial charge on any atom is 0.242 e. The highest BCUT2D eigenvalue weighted by atomic mass is 16.2. The lowest BCUT2D eigenvalue weighted by molar-refractivity contribution is -0.135. The van der Waals surface area contributed by atoms with Crippen molar-refractivity contribution in [3.63, 3.8) is 0 Å². The number of hydrogen-bond donors (Lipinski definition) is 1. The predicted octanol–water partition coefficient (Wildman–Crippen LogP) is 0.211. The van der Waals surface area contributed by atoms with E-state index < -0.39 is 5.54 Å². The first kappa shape index (κ1) is 15.6. The zero-order chi connectivity index (χ0) is 16.7. The summed E-state index contributed by atoms with van der Waals surface area (Å²) < 4.78 is 0. The van der Waals surface area contributed by atoms with Crippen LogP contribution in [0.2, 0.25) is 0 Å². The zero-order valence-electron chi connectivity index (χ0n) is 13.9. The molecule has 0 spiro atoms. The van der Waals surface area contributed by atoms with Crippen molar-refractivity contribution < 1.29 is 9.59 Å². The van der Waals surface area contributed by atoms with E-state index in [2.05, 4.69) is 11.0 Å². The third kappa shape index (κ3) is 2.80. The Morgan fingerprint density at radius 3 is 2.46 bits per heavy atom. The Hall–Kier alpha value is -1.92. The zero-order valence-corrected chi connectivity index (χ0v) is 13.9. The van der Waals surface area contributed by atoms with Gasteiger partial charge in [0.2, 0.25) is 11.8 Å². The van der Waals surface area contributed by atoms with Crippen molar-refractivity contribution in [1.82, 2.24) is 9.80 Å². The fraction of sp³-hybridized carbons (Fsp3) is 0.556. The SMILES string of the molecule is NC1(C(=O)N2CCN(CC(=O)N3CCc4ccccc43)CC2)CC1. The molecule has 4 rings (SSSR count). The second-order valence-electron chi connectivity index (χ2n) is 7.15. The molecular formula is C18H24N4O2. The number of hydrogen-bond acceptors (Lipinski definition) is 4. The van der Waals surface area contributed by atoms with E-state index in [4.69, 9.17) is 5.73 Å². The van der Waals surface area contributed by atoms with E-state index >= 15 is 0 Å². The summed E-state index contributed by atoms with van der Waals surface area (Å²) in [5.74, 6) is 0.235. The number of carbonyl (C=O) groups is 2. The van der Waals surface area contributed by atoms with E-state index in [0.29, 0.717) is 19.6 Å². The van der Waals surface area contributed by atoms with Gasteiger partial charge in [0, 0.05) is 38.4 Å². The van der Waals surface area contributed by atoms with Gasteiger partial charge in [0.25, 0.3) is 0 Å². The van der Waals surface area contributed by atoms with E-state index in [1.54, 1.807) is 0 Å². The molecule has 0 aromatic heterocycles. The van der Waals surface area contributed by atoms with Crippen LogP contribution in [0, 0.1) is 0 Å². The molecule has 6 nitrogen and oxygen atoms in total. The van der Waals surface area contributed by atoms with Gasteiger partial charge in [0.05, 0.1) is 12.1 Å². The summed E-state index contributed by atoms with van der Waals surface area (Å²) in [6.07, 6.45) is 2.54. The summed E-state index contributed by atoms with van der Waals surface area (Å²) in [6, 6.07) is 8.11. The van der Waals surface area contributed by atoms with Crippen LogP contribution in [0.3, 0.4) is 0 Å². The van der Waals surface area contributed by atoms with E-state index in [9.17, 15) is 9.59 Å². The molecule has 2 heterocycles. The third-order valence-electron chi connectivity index (χ3n) is 5.42. The molecule has 0 bridgehead atoms. The second kappa shape index (κ2) is 5.86. The number of para-hydroxylation sites is 1. The molecule has 128 valence electrons. The minimum absolute atomic E-state index is 0.0851. The lowest BCUT2D eigenvalue weighted by Crippen LogP contribution is -2.55. The summed E-state index contributed by atoms with van der Waals surface area (Å²) >= 11 is 0. The smallest absolute Gasteiger partial charge is 0.242 e. The summed E-state index contributed by atoms with van der Waals surface area (Å²) in [7, 11) is 0. The predicted molar refractivity (Wildman–Crippen MR) is 91.7 cm³/mol. The largest absolute Gasteiger partial charge is 0.339 e. The fourth-order valence-corrected chi connectivity index (χ4v) is 3.65. The van der Waals surface area contributed by atoms with E-state index in [1.807, 2.05) is 28.0 Å². The number of fused-ring (bicyclic) bond motifs is 1. The number of piperazine rings is 1. The number of anilines is 1. The number of amides is 2. The van der Waals surface area contributed by atoms with E-state index in [1.165, 1.54) is 5.56 Å². The molecule has 2 fully saturated rings. The molecule has 3 aliphatic rings. The number of carbonyl (C=O) groups excluding carboxylic acids is 2. The Morgan fingerprint density at radius 2 is 1.75 bits per heavy atom. The first-order valence-corrected chi connectivity index (χ1v) is 8.76. The van der Waals surface area contributed by atoms with Gasteiger partial charge in [0.15, 0.2) is 0 Å².